The van der Waals surface area contributed by atoms with Crippen LogP contribution in [0.4, 0.5) is 14.9 Å². The molecule has 1 aliphatic rings. The highest BCUT2D eigenvalue weighted by molar-refractivity contribution is 5.89. The van der Waals surface area contributed by atoms with Crippen LogP contribution in [-0.2, 0) is 16.0 Å². The largest absolute Gasteiger partial charge is 0.494 e. The quantitative estimate of drug-likeness (QED) is 0.812. The maximum atomic E-state index is 13.0. The van der Waals surface area contributed by atoms with Crippen molar-refractivity contribution in [1.82, 2.24) is 5.32 Å². The predicted octanol–water partition coefficient (Wildman–Crippen LogP) is 2.91. The molecule has 1 aliphatic heterocycles. The molecule has 1 fully saturated rings. The van der Waals surface area contributed by atoms with Crippen LogP contribution in [0.2, 0.25) is 0 Å². The van der Waals surface area contributed by atoms with E-state index in [1.807, 2.05) is 31.2 Å². The second kappa shape index (κ2) is 8.53. The van der Waals surface area contributed by atoms with Gasteiger partial charge in [0, 0.05) is 5.69 Å². The first-order valence-corrected chi connectivity index (χ1v) is 8.77. The first kappa shape index (κ1) is 18.7. The minimum Gasteiger partial charge on any atom is -0.494 e. The standard InChI is InChI=1S/C20H21FN2O4/c1-2-26-17-9-3-14(4-10-17)11-19(24)22-12-18-13-23(20(25)27-18)16-7-5-15(21)6-8-16/h3-10,18H,2,11-13H2,1H3,(H,22,24). The van der Waals surface area contributed by atoms with Gasteiger partial charge in [-0.2, -0.15) is 0 Å². The highest BCUT2D eigenvalue weighted by Crippen LogP contribution is 2.21. The number of nitrogens with one attached hydrogen (secondary N) is 1. The molecule has 2 amide bonds. The van der Waals surface area contributed by atoms with E-state index in [0.29, 0.717) is 18.8 Å². The number of benzene rings is 2. The number of carbonyl (C=O) groups excluding carboxylic acids is 2. The van der Waals surface area contributed by atoms with E-state index in [1.54, 1.807) is 0 Å². The molecule has 1 unspecified atom stereocenters. The monoisotopic (exact) mass is 372 g/mol. The third-order valence-corrected chi connectivity index (χ3v) is 4.14. The Morgan fingerprint density at radius 3 is 2.59 bits per heavy atom. The van der Waals surface area contributed by atoms with E-state index in [4.69, 9.17) is 9.47 Å². The van der Waals surface area contributed by atoms with E-state index in [-0.39, 0.29) is 24.7 Å². The molecule has 27 heavy (non-hydrogen) atoms. The van der Waals surface area contributed by atoms with Gasteiger partial charge in [-0.25, -0.2) is 9.18 Å². The van der Waals surface area contributed by atoms with Crippen LogP contribution in [0.5, 0.6) is 5.75 Å². The Hall–Kier alpha value is -3.09. The van der Waals surface area contributed by atoms with Crippen molar-refractivity contribution in [2.75, 3.05) is 24.6 Å². The van der Waals surface area contributed by atoms with Gasteiger partial charge in [0.2, 0.25) is 5.91 Å². The van der Waals surface area contributed by atoms with Crippen LogP contribution in [0.3, 0.4) is 0 Å². The van der Waals surface area contributed by atoms with E-state index in [1.165, 1.54) is 29.2 Å². The second-order valence-corrected chi connectivity index (χ2v) is 6.15. The van der Waals surface area contributed by atoms with E-state index < -0.39 is 12.2 Å². The van der Waals surface area contributed by atoms with Gasteiger partial charge < -0.3 is 14.8 Å². The van der Waals surface area contributed by atoms with Crippen molar-refractivity contribution < 1.29 is 23.5 Å². The Kier molecular flexibility index (Phi) is 5.90. The van der Waals surface area contributed by atoms with Crippen LogP contribution in [-0.4, -0.2) is 37.8 Å². The van der Waals surface area contributed by atoms with Gasteiger partial charge in [-0.15, -0.1) is 0 Å². The van der Waals surface area contributed by atoms with Gasteiger partial charge in [-0.1, -0.05) is 12.1 Å². The zero-order valence-electron chi connectivity index (χ0n) is 15.0. The highest BCUT2D eigenvalue weighted by atomic mass is 19.1. The van der Waals surface area contributed by atoms with Crippen LogP contribution >= 0.6 is 0 Å². The van der Waals surface area contributed by atoms with E-state index in [9.17, 15) is 14.0 Å². The zero-order valence-corrected chi connectivity index (χ0v) is 15.0. The first-order valence-electron chi connectivity index (χ1n) is 8.77. The summed E-state index contributed by atoms with van der Waals surface area (Å²) in [4.78, 5) is 25.5. The molecule has 3 rings (SSSR count). The molecule has 2 aromatic rings. The number of rotatable bonds is 7. The minimum atomic E-state index is -0.507. The van der Waals surface area contributed by atoms with E-state index in [2.05, 4.69) is 5.32 Å². The summed E-state index contributed by atoms with van der Waals surface area (Å²) in [7, 11) is 0. The fourth-order valence-electron chi connectivity index (χ4n) is 2.81. The zero-order chi connectivity index (χ0) is 19.2. The lowest BCUT2D eigenvalue weighted by molar-refractivity contribution is -0.120. The molecule has 1 heterocycles. The number of amides is 2. The molecule has 2 aromatic carbocycles. The Labute approximate surface area is 156 Å². The Balaban J connectivity index is 1.47. The molecule has 0 aliphatic carbocycles. The van der Waals surface area contributed by atoms with Crippen LogP contribution in [0.1, 0.15) is 12.5 Å². The van der Waals surface area contributed by atoms with Crippen molar-refractivity contribution in [2.24, 2.45) is 0 Å². The normalized spacial score (nSPS) is 16.1. The number of ether oxygens (including phenoxy) is 2. The molecule has 0 spiro atoms. The van der Waals surface area contributed by atoms with Gasteiger partial charge in [0.05, 0.1) is 26.1 Å². The Morgan fingerprint density at radius 2 is 1.93 bits per heavy atom. The smallest absolute Gasteiger partial charge is 0.414 e. The fraction of sp³-hybridized carbons (Fsp3) is 0.300. The van der Waals surface area contributed by atoms with Crippen molar-refractivity contribution in [3.63, 3.8) is 0 Å². The number of cyclic esters (lactones) is 1. The van der Waals surface area contributed by atoms with Crippen molar-refractivity contribution >= 4 is 17.7 Å². The molecular formula is C20H21FN2O4. The van der Waals surface area contributed by atoms with Crippen LogP contribution < -0.4 is 15.0 Å². The van der Waals surface area contributed by atoms with Crippen molar-refractivity contribution in [3.05, 3.63) is 59.9 Å². The van der Waals surface area contributed by atoms with E-state index >= 15 is 0 Å². The van der Waals surface area contributed by atoms with Crippen molar-refractivity contribution in [3.8, 4) is 5.75 Å². The number of nitrogens with zero attached hydrogens (tertiary/aromatic N) is 1. The number of carbonyl (C=O) groups is 2. The summed E-state index contributed by atoms with van der Waals surface area (Å²) in [5.41, 5.74) is 1.43. The summed E-state index contributed by atoms with van der Waals surface area (Å²) < 4.78 is 23.6. The number of hydrogen-bond donors (Lipinski definition) is 1. The van der Waals surface area contributed by atoms with Gasteiger partial charge in [-0.05, 0) is 48.9 Å². The Morgan fingerprint density at radius 1 is 1.22 bits per heavy atom. The Bertz CT molecular complexity index is 793. The average Bonchev–Trinajstić information content (AvgIpc) is 3.03. The van der Waals surface area contributed by atoms with E-state index in [0.717, 1.165) is 11.3 Å². The topological polar surface area (TPSA) is 67.9 Å². The summed E-state index contributed by atoms with van der Waals surface area (Å²) >= 11 is 0. The lowest BCUT2D eigenvalue weighted by Crippen LogP contribution is -2.35. The minimum absolute atomic E-state index is 0.157. The molecule has 1 atom stereocenters. The summed E-state index contributed by atoms with van der Waals surface area (Å²) in [6, 6.07) is 12.9. The molecule has 0 bridgehead atoms. The van der Waals surface area contributed by atoms with Crippen LogP contribution in [0.15, 0.2) is 48.5 Å². The maximum Gasteiger partial charge on any atom is 0.414 e. The molecule has 1 N–H and O–H groups in total. The molecule has 0 radical (unpaired) electrons. The van der Waals surface area contributed by atoms with Crippen molar-refractivity contribution in [2.45, 2.75) is 19.4 Å². The first-order chi connectivity index (χ1) is 13.0. The maximum absolute atomic E-state index is 13.0. The number of hydrogen-bond acceptors (Lipinski definition) is 4. The number of halogens is 1. The summed E-state index contributed by atoms with van der Waals surface area (Å²) in [5.74, 6) is 0.236. The molecular weight excluding hydrogens is 351 g/mol. The molecule has 0 saturated carbocycles. The van der Waals surface area contributed by atoms with Gasteiger partial charge >= 0.3 is 6.09 Å². The third kappa shape index (κ3) is 4.97. The number of anilines is 1. The molecule has 1 saturated heterocycles. The van der Waals surface area contributed by atoms with Gasteiger partial charge in [0.15, 0.2) is 0 Å². The fourth-order valence-corrected chi connectivity index (χ4v) is 2.81. The summed E-state index contributed by atoms with van der Waals surface area (Å²) in [6.45, 7) is 3.02. The average molecular weight is 372 g/mol. The lowest BCUT2D eigenvalue weighted by Gasteiger charge is -2.13. The van der Waals surface area contributed by atoms with Crippen LogP contribution in [0, 0.1) is 5.82 Å². The summed E-state index contributed by atoms with van der Waals surface area (Å²) in [6.07, 6.45) is -0.728. The molecule has 142 valence electrons. The van der Waals surface area contributed by atoms with Gasteiger partial charge in [0.25, 0.3) is 0 Å². The van der Waals surface area contributed by atoms with Gasteiger partial charge in [-0.3, -0.25) is 9.69 Å². The molecule has 7 heteroatoms. The lowest BCUT2D eigenvalue weighted by atomic mass is 10.1. The predicted molar refractivity (Wildman–Crippen MR) is 98.3 cm³/mol. The second-order valence-electron chi connectivity index (χ2n) is 6.15. The third-order valence-electron chi connectivity index (χ3n) is 4.14. The summed E-state index contributed by atoms with van der Waals surface area (Å²) in [5, 5.41) is 2.78. The highest BCUT2D eigenvalue weighted by Gasteiger charge is 2.32. The SMILES string of the molecule is CCOc1ccc(CC(=O)NCC2CN(c3ccc(F)cc3)C(=O)O2)cc1. The van der Waals surface area contributed by atoms with Crippen molar-refractivity contribution in [1.29, 1.82) is 0 Å². The molecule has 6 nitrogen and oxygen atoms in total. The van der Waals surface area contributed by atoms with Crippen LogP contribution in [0.25, 0.3) is 0 Å². The van der Waals surface area contributed by atoms with Gasteiger partial charge in [0.1, 0.15) is 17.7 Å². The molecule has 0 aromatic heterocycles.